The number of nitrogens with one attached hydrogen (secondary N) is 1. The van der Waals surface area contributed by atoms with Crippen molar-refractivity contribution >= 4 is 11.8 Å². The molecule has 1 aromatic carbocycles. The third kappa shape index (κ3) is 3.43. The highest BCUT2D eigenvalue weighted by atomic mass is 16.5. The van der Waals surface area contributed by atoms with Gasteiger partial charge in [0, 0.05) is 31.5 Å². The van der Waals surface area contributed by atoms with Gasteiger partial charge < -0.3 is 19.7 Å². The maximum atomic E-state index is 12.9. The smallest absolute Gasteiger partial charge is 0.226 e. The summed E-state index contributed by atoms with van der Waals surface area (Å²) in [6, 6.07) is 7.82. The van der Waals surface area contributed by atoms with Crippen LogP contribution in [0.15, 0.2) is 24.3 Å². The summed E-state index contributed by atoms with van der Waals surface area (Å²) in [4.78, 5) is 27.5. The van der Waals surface area contributed by atoms with Gasteiger partial charge in [-0.15, -0.1) is 0 Å². The van der Waals surface area contributed by atoms with Crippen molar-refractivity contribution in [2.45, 2.75) is 37.8 Å². The van der Waals surface area contributed by atoms with E-state index in [2.05, 4.69) is 5.32 Å². The minimum atomic E-state index is -0.350. The molecule has 0 aromatic heterocycles. The van der Waals surface area contributed by atoms with Gasteiger partial charge in [0.05, 0.1) is 25.7 Å². The fourth-order valence-electron chi connectivity index (χ4n) is 4.11. The van der Waals surface area contributed by atoms with E-state index < -0.39 is 0 Å². The quantitative estimate of drug-likeness (QED) is 0.843. The summed E-state index contributed by atoms with van der Waals surface area (Å²) in [5, 5.41) is 3.07. The lowest BCUT2D eigenvalue weighted by atomic mass is 9.92. The van der Waals surface area contributed by atoms with Crippen LogP contribution in [0.4, 0.5) is 0 Å². The second-order valence-corrected chi connectivity index (χ2v) is 7.54. The Balaban J connectivity index is 1.54. The van der Waals surface area contributed by atoms with Gasteiger partial charge in [0.15, 0.2) is 0 Å². The summed E-state index contributed by atoms with van der Waals surface area (Å²) in [5.41, 5.74) is 0.978. The minimum absolute atomic E-state index is 0.0266. The molecule has 3 aliphatic rings. The first-order chi connectivity index (χ1) is 12.7. The number of ether oxygens (including phenoxy) is 2. The van der Waals surface area contributed by atoms with Crippen molar-refractivity contribution in [3.8, 4) is 5.75 Å². The maximum Gasteiger partial charge on any atom is 0.226 e. The van der Waals surface area contributed by atoms with E-state index in [0.717, 1.165) is 37.2 Å². The second kappa shape index (κ2) is 7.27. The normalized spacial score (nSPS) is 28.4. The zero-order chi connectivity index (χ0) is 18.1. The van der Waals surface area contributed by atoms with Crippen LogP contribution in [0.2, 0.25) is 0 Å². The zero-order valence-corrected chi connectivity index (χ0v) is 15.1. The lowest BCUT2D eigenvalue weighted by Crippen LogP contribution is -2.38. The van der Waals surface area contributed by atoms with Crippen LogP contribution in [-0.2, 0) is 14.3 Å². The molecule has 140 valence electrons. The van der Waals surface area contributed by atoms with Crippen LogP contribution >= 0.6 is 0 Å². The highest BCUT2D eigenvalue weighted by Crippen LogP contribution is 2.45. The Morgan fingerprint density at radius 2 is 2.19 bits per heavy atom. The summed E-state index contributed by atoms with van der Waals surface area (Å²) in [5.74, 6) is 0.842. The molecule has 4 rings (SSSR count). The van der Waals surface area contributed by atoms with Crippen molar-refractivity contribution in [2.24, 2.45) is 11.8 Å². The first kappa shape index (κ1) is 17.3. The fourth-order valence-corrected chi connectivity index (χ4v) is 4.11. The van der Waals surface area contributed by atoms with Gasteiger partial charge in [-0.2, -0.15) is 0 Å². The van der Waals surface area contributed by atoms with E-state index in [1.807, 2.05) is 29.2 Å². The molecule has 2 aliphatic heterocycles. The molecule has 1 aromatic rings. The predicted octanol–water partition coefficient (Wildman–Crippen LogP) is 1.90. The highest BCUT2D eigenvalue weighted by molar-refractivity contribution is 5.90. The Labute approximate surface area is 153 Å². The Hall–Kier alpha value is -2.08. The molecule has 3 atom stereocenters. The van der Waals surface area contributed by atoms with Gasteiger partial charge in [0.1, 0.15) is 5.75 Å². The first-order valence-corrected chi connectivity index (χ1v) is 9.48. The average Bonchev–Trinajstić information content (AvgIpc) is 3.23. The molecular formula is C20H26N2O4. The lowest BCUT2D eigenvalue weighted by Gasteiger charge is -2.28. The third-order valence-corrected chi connectivity index (χ3v) is 5.66. The van der Waals surface area contributed by atoms with Crippen molar-refractivity contribution in [1.82, 2.24) is 10.2 Å². The van der Waals surface area contributed by atoms with Crippen LogP contribution in [0.5, 0.6) is 5.75 Å². The molecule has 3 fully saturated rings. The van der Waals surface area contributed by atoms with Crippen molar-refractivity contribution in [3.05, 3.63) is 29.8 Å². The number of rotatable bonds is 6. The minimum Gasteiger partial charge on any atom is -0.497 e. The molecule has 1 N–H and O–H groups in total. The van der Waals surface area contributed by atoms with Crippen molar-refractivity contribution in [1.29, 1.82) is 0 Å². The van der Waals surface area contributed by atoms with Gasteiger partial charge in [0.2, 0.25) is 11.8 Å². The molecule has 0 spiro atoms. The molecule has 0 radical (unpaired) electrons. The van der Waals surface area contributed by atoms with E-state index in [1.165, 1.54) is 0 Å². The molecule has 2 amide bonds. The maximum absolute atomic E-state index is 12.9. The van der Waals surface area contributed by atoms with Crippen LogP contribution < -0.4 is 10.1 Å². The number of hydrogen-bond acceptors (Lipinski definition) is 4. The predicted molar refractivity (Wildman–Crippen MR) is 95.6 cm³/mol. The number of carbonyl (C=O) groups is 2. The Morgan fingerprint density at radius 3 is 2.88 bits per heavy atom. The van der Waals surface area contributed by atoms with E-state index in [4.69, 9.17) is 9.47 Å². The fraction of sp³-hybridized carbons (Fsp3) is 0.600. The van der Waals surface area contributed by atoms with E-state index >= 15 is 0 Å². The average molecular weight is 358 g/mol. The second-order valence-electron chi connectivity index (χ2n) is 7.54. The number of amides is 2. The molecule has 2 saturated heterocycles. The standard InChI is InChI=1S/C20H26N2O4/c1-25-16-4-2-3-14(9-16)19-17(10-18(23)22(19)15-5-6-15)20(24)21-11-13-7-8-26-12-13/h2-4,9,13,15,17,19H,5-8,10-12H2,1H3,(H,21,24)/t13-,17-,19-/m1/s1. The SMILES string of the molecule is COc1cccc([C@@H]2[C@H](C(=O)NC[C@H]3CCOC3)CC(=O)N2C2CC2)c1. The molecule has 6 nitrogen and oxygen atoms in total. The number of nitrogens with zero attached hydrogens (tertiary/aromatic N) is 1. The van der Waals surface area contributed by atoms with Crippen LogP contribution in [0.3, 0.4) is 0 Å². The third-order valence-electron chi connectivity index (χ3n) is 5.66. The summed E-state index contributed by atoms with van der Waals surface area (Å²) < 4.78 is 10.7. The Morgan fingerprint density at radius 1 is 1.35 bits per heavy atom. The van der Waals surface area contributed by atoms with Gasteiger partial charge in [-0.25, -0.2) is 0 Å². The van der Waals surface area contributed by atoms with E-state index in [0.29, 0.717) is 19.1 Å². The Bertz CT molecular complexity index is 682. The number of methoxy groups -OCH3 is 1. The summed E-state index contributed by atoms with van der Waals surface area (Å²) in [7, 11) is 1.63. The monoisotopic (exact) mass is 358 g/mol. The van der Waals surface area contributed by atoms with Gasteiger partial charge in [-0.1, -0.05) is 12.1 Å². The number of hydrogen-bond donors (Lipinski definition) is 1. The molecule has 26 heavy (non-hydrogen) atoms. The number of benzene rings is 1. The molecule has 6 heteroatoms. The summed E-state index contributed by atoms with van der Waals surface area (Å²) >= 11 is 0. The van der Waals surface area contributed by atoms with Crippen molar-refractivity contribution < 1.29 is 19.1 Å². The molecule has 1 saturated carbocycles. The van der Waals surface area contributed by atoms with Gasteiger partial charge >= 0.3 is 0 Å². The molecule has 1 aliphatic carbocycles. The van der Waals surface area contributed by atoms with Gasteiger partial charge in [-0.3, -0.25) is 9.59 Å². The van der Waals surface area contributed by atoms with E-state index in [9.17, 15) is 9.59 Å². The summed E-state index contributed by atoms with van der Waals surface area (Å²) in [6.07, 6.45) is 3.32. The molecular weight excluding hydrogens is 332 g/mol. The highest BCUT2D eigenvalue weighted by Gasteiger charge is 2.49. The molecule has 0 unspecified atom stereocenters. The largest absolute Gasteiger partial charge is 0.497 e. The van der Waals surface area contributed by atoms with Crippen LogP contribution in [-0.4, -0.2) is 49.6 Å². The van der Waals surface area contributed by atoms with Crippen LogP contribution in [0, 0.1) is 11.8 Å². The molecule has 0 bridgehead atoms. The van der Waals surface area contributed by atoms with E-state index in [-0.39, 0.29) is 36.2 Å². The lowest BCUT2D eigenvalue weighted by molar-refractivity contribution is -0.129. The van der Waals surface area contributed by atoms with Crippen molar-refractivity contribution in [2.75, 3.05) is 26.9 Å². The number of likely N-dealkylation sites (tertiary alicyclic amines) is 1. The van der Waals surface area contributed by atoms with E-state index in [1.54, 1.807) is 7.11 Å². The van der Waals surface area contributed by atoms with Gasteiger partial charge in [0.25, 0.3) is 0 Å². The molecule has 2 heterocycles. The zero-order valence-electron chi connectivity index (χ0n) is 15.1. The summed E-state index contributed by atoms with van der Waals surface area (Å²) in [6.45, 7) is 2.10. The first-order valence-electron chi connectivity index (χ1n) is 9.48. The van der Waals surface area contributed by atoms with Crippen LogP contribution in [0.1, 0.15) is 37.3 Å². The van der Waals surface area contributed by atoms with Gasteiger partial charge in [-0.05, 0) is 37.0 Å². The van der Waals surface area contributed by atoms with Crippen molar-refractivity contribution in [3.63, 3.8) is 0 Å². The number of carbonyl (C=O) groups excluding carboxylic acids is 2. The topological polar surface area (TPSA) is 67.9 Å². The Kier molecular flexibility index (Phi) is 4.85. The van der Waals surface area contributed by atoms with Crippen LogP contribution in [0.25, 0.3) is 0 Å².